The Kier molecular flexibility index (Phi) is 6.69. The molecule has 1 saturated heterocycles. The van der Waals surface area contributed by atoms with Crippen molar-refractivity contribution in [1.29, 1.82) is 0 Å². The molecule has 0 amide bonds. The van der Waals surface area contributed by atoms with Crippen LogP contribution < -0.4 is 0 Å². The van der Waals surface area contributed by atoms with Crippen LogP contribution >= 0.6 is 16.6 Å². The first-order valence-corrected chi connectivity index (χ1v) is 11.5. The second-order valence-corrected chi connectivity index (χ2v) is 9.15. The first kappa shape index (κ1) is 19.0. The largest absolute Gasteiger partial charge is 0.462 e. The summed E-state index contributed by atoms with van der Waals surface area (Å²) in [4.78, 5) is 11.6. The predicted octanol–water partition coefficient (Wildman–Crippen LogP) is 3.14. The van der Waals surface area contributed by atoms with E-state index in [1.807, 2.05) is 30.4 Å². The summed E-state index contributed by atoms with van der Waals surface area (Å²) >= 11 is 0. The molecule has 0 spiro atoms. The first-order valence-electron chi connectivity index (χ1n) is 8.59. The number of rotatable bonds is 7. The number of carbonyl (C=O) groups excluding carboxylic acids is 1. The molecule has 1 aliphatic heterocycles. The molecule has 1 heterocycles. The smallest absolute Gasteiger partial charge is 0.306 e. The van der Waals surface area contributed by atoms with Crippen LogP contribution in [0.3, 0.4) is 0 Å². The highest BCUT2D eigenvalue weighted by Gasteiger charge is 2.49. The Hall–Kier alpha value is -0.725. The molecule has 1 N–H and O–H groups in total. The normalized spacial score (nSPS) is 31.0. The summed E-state index contributed by atoms with van der Waals surface area (Å²) in [6.07, 6.45) is 5.73. The molecule has 1 aromatic carbocycles. The van der Waals surface area contributed by atoms with Crippen LogP contribution in [0.2, 0.25) is 0 Å². The van der Waals surface area contributed by atoms with E-state index < -0.39 is 13.8 Å². The average molecular weight is 376 g/mol. The van der Waals surface area contributed by atoms with E-state index in [1.54, 1.807) is 0 Å². The second kappa shape index (κ2) is 8.78. The van der Waals surface area contributed by atoms with E-state index in [1.165, 1.54) is 5.56 Å². The molecule has 3 rings (SSSR count). The molecule has 4 nitrogen and oxygen atoms in total. The number of hydrogen-bond acceptors (Lipinski definition) is 4. The summed E-state index contributed by atoms with van der Waals surface area (Å²) in [5.41, 5.74) is 1.21. The van der Waals surface area contributed by atoms with Crippen LogP contribution in [0.25, 0.3) is 0 Å². The van der Waals surface area contributed by atoms with Crippen LogP contribution in [0, 0.1) is 11.8 Å². The fourth-order valence-corrected chi connectivity index (χ4v) is 4.75. The lowest BCUT2D eigenvalue weighted by Gasteiger charge is -2.22. The number of carbonyl (C=O) groups is 1. The Morgan fingerprint density at radius 1 is 1.44 bits per heavy atom. The van der Waals surface area contributed by atoms with Crippen LogP contribution in [-0.4, -0.2) is 37.0 Å². The molecule has 2 radical (unpaired) electrons. The zero-order chi connectivity index (χ0) is 17.8. The Morgan fingerprint density at radius 2 is 2.20 bits per heavy atom. The maximum atomic E-state index is 11.6. The van der Waals surface area contributed by atoms with Gasteiger partial charge < -0.3 is 14.4 Å². The zero-order valence-corrected chi connectivity index (χ0v) is 16.1. The molecule has 1 aliphatic carbocycles. The fourth-order valence-electron chi connectivity index (χ4n) is 3.75. The SMILES string of the molecule is [B]P(P)O[C@@H]1CC2OC(=O)C[C@@H]2[C@H]1/C=C/[C@@H](O)CCc1ccccc1. The fraction of sp³-hybridized carbons (Fsp3) is 0.500. The van der Waals surface area contributed by atoms with Gasteiger partial charge in [0.05, 0.1) is 18.6 Å². The van der Waals surface area contributed by atoms with Crippen molar-refractivity contribution in [1.82, 2.24) is 0 Å². The van der Waals surface area contributed by atoms with Crippen molar-refractivity contribution in [3.8, 4) is 0 Å². The van der Waals surface area contributed by atoms with Crippen LogP contribution in [0.1, 0.15) is 24.8 Å². The summed E-state index contributed by atoms with van der Waals surface area (Å²) < 4.78 is 11.2. The first-order chi connectivity index (χ1) is 12.0. The van der Waals surface area contributed by atoms with Gasteiger partial charge in [0.25, 0.3) is 0 Å². The zero-order valence-electron chi connectivity index (χ0n) is 14.0. The topological polar surface area (TPSA) is 55.8 Å². The Morgan fingerprint density at radius 3 is 2.92 bits per heavy atom. The van der Waals surface area contributed by atoms with E-state index in [4.69, 9.17) is 16.8 Å². The van der Waals surface area contributed by atoms with Crippen LogP contribution in [0.5, 0.6) is 0 Å². The number of ether oxygens (including phenoxy) is 1. The van der Waals surface area contributed by atoms with Crippen LogP contribution in [0.4, 0.5) is 0 Å². The molecular weight excluding hydrogens is 353 g/mol. The number of fused-ring (bicyclic) bond motifs is 1. The highest BCUT2D eigenvalue weighted by atomic mass is 32.0. The maximum absolute atomic E-state index is 11.6. The van der Waals surface area contributed by atoms with Gasteiger partial charge in [-0.05, 0) is 26.1 Å². The second-order valence-electron chi connectivity index (χ2n) is 6.69. The van der Waals surface area contributed by atoms with Gasteiger partial charge in [-0.25, -0.2) is 0 Å². The lowest BCUT2D eigenvalue weighted by atomic mass is 9.91. The molecule has 132 valence electrons. The van der Waals surface area contributed by atoms with E-state index >= 15 is 0 Å². The minimum absolute atomic E-state index is 0.0527. The van der Waals surface area contributed by atoms with Crippen molar-refractivity contribution in [3.63, 3.8) is 0 Å². The Labute approximate surface area is 153 Å². The summed E-state index contributed by atoms with van der Waals surface area (Å²) in [6, 6.07) is 10.1. The maximum Gasteiger partial charge on any atom is 0.306 e. The third-order valence-electron chi connectivity index (χ3n) is 4.94. The van der Waals surface area contributed by atoms with Gasteiger partial charge in [0, 0.05) is 18.3 Å². The third-order valence-corrected chi connectivity index (χ3v) is 5.81. The Bertz CT molecular complexity index is 610. The summed E-state index contributed by atoms with van der Waals surface area (Å²) in [7, 11) is 7.24. The third kappa shape index (κ3) is 5.14. The van der Waals surface area contributed by atoms with Gasteiger partial charge in [-0.3, -0.25) is 4.79 Å². The number of aliphatic hydroxyl groups excluding tert-OH is 1. The van der Waals surface area contributed by atoms with Crippen molar-refractivity contribution in [2.24, 2.45) is 11.8 Å². The van der Waals surface area contributed by atoms with Gasteiger partial charge in [-0.1, -0.05) is 51.4 Å². The van der Waals surface area contributed by atoms with E-state index in [9.17, 15) is 9.90 Å². The van der Waals surface area contributed by atoms with Gasteiger partial charge in [-0.15, -0.1) is 0 Å². The molecule has 7 heteroatoms. The molecule has 0 bridgehead atoms. The molecule has 3 unspecified atom stereocenters. The van der Waals surface area contributed by atoms with E-state index in [-0.39, 0.29) is 30.0 Å². The predicted molar refractivity (Wildman–Crippen MR) is 103 cm³/mol. The molecule has 7 atom stereocenters. The lowest BCUT2D eigenvalue weighted by Crippen LogP contribution is -2.20. The summed E-state index contributed by atoms with van der Waals surface area (Å²) in [5, 5.41) is 10.3. The minimum Gasteiger partial charge on any atom is -0.462 e. The standard InChI is InChI=1S/C18H23BO4P2/c19-25(24)23-17-11-16-15(10-18(21)22-16)14(17)9-8-13(20)7-6-12-4-2-1-3-5-12/h1-5,8-9,13-17,20H,6-7,10-11,24H2/b9-8+/t13-,14+,15+,16?,17+,25?/m0/s1. The quantitative estimate of drug-likeness (QED) is 0.344. The molecule has 25 heavy (non-hydrogen) atoms. The van der Waals surface area contributed by atoms with Crippen molar-refractivity contribution in [2.75, 3.05) is 0 Å². The summed E-state index contributed by atoms with van der Waals surface area (Å²) in [6.45, 7) is 0. The van der Waals surface area contributed by atoms with Crippen molar-refractivity contribution < 1.29 is 19.2 Å². The number of hydrogen-bond donors (Lipinski definition) is 1. The number of aliphatic hydroxyl groups is 1. The van der Waals surface area contributed by atoms with Gasteiger partial charge in [0.15, 0.2) is 7.57 Å². The molecule has 0 aromatic heterocycles. The van der Waals surface area contributed by atoms with Crippen LogP contribution in [-0.2, 0) is 20.5 Å². The molecule has 1 saturated carbocycles. The van der Waals surface area contributed by atoms with Crippen molar-refractivity contribution in [3.05, 3.63) is 48.0 Å². The van der Waals surface area contributed by atoms with Crippen molar-refractivity contribution >= 4 is 30.2 Å². The summed E-state index contributed by atoms with van der Waals surface area (Å²) in [5.74, 6) is 0.0318. The van der Waals surface area contributed by atoms with E-state index in [0.717, 1.165) is 6.42 Å². The highest BCUT2D eigenvalue weighted by Crippen LogP contribution is 2.50. The molecular formula is C18H23BO4P2. The number of aryl methyl sites for hydroxylation is 1. The number of benzene rings is 1. The van der Waals surface area contributed by atoms with Gasteiger partial charge >= 0.3 is 5.97 Å². The molecule has 2 aliphatic rings. The van der Waals surface area contributed by atoms with E-state index in [2.05, 4.69) is 21.1 Å². The van der Waals surface area contributed by atoms with Gasteiger partial charge in [-0.2, -0.15) is 0 Å². The van der Waals surface area contributed by atoms with Gasteiger partial charge in [0.2, 0.25) is 0 Å². The van der Waals surface area contributed by atoms with Crippen molar-refractivity contribution in [2.45, 2.75) is 44.0 Å². The lowest BCUT2D eigenvalue weighted by molar-refractivity contribution is -0.141. The minimum atomic E-state index is -1.05. The monoisotopic (exact) mass is 376 g/mol. The highest BCUT2D eigenvalue weighted by molar-refractivity contribution is 8.23. The van der Waals surface area contributed by atoms with Gasteiger partial charge in [0.1, 0.15) is 6.10 Å². The van der Waals surface area contributed by atoms with E-state index in [0.29, 0.717) is 19.3 Å². The Balaban J connectivity index is 1.59. The molecule has 1 aromatic rings. The van der Waals surface area contributed by atoms with Crippen LogP contribution in [0.15, 0.2) is 42.5 Å². The number of esters is 1. The average Bonchev–Trinajstić information content (AvgIpc) is 3.07. The molecule has 2 fully saturated rings.